The summed E-state index contributed by atoms with van der Waals surface area (Å²) in [6, 6.07) is 3.96. The molecule has 3 rings (SSSR count). The van der Waals surface area contributed by atoms with E-state index in [0.29, 0.717) is 12.5 Å². The van der Waals surface area contributed by atoms with E-state index < -0.39 is 0 Å². The first-order valence-corrected chi connectivity index (χ1v) is 8.09. The number of nitrogens with two attached hydrogens (primary N) is 1. The molecule has 0 radical (unpaired) electrons. The summed E-state index contributed by atoms with van der Waals surface area (Å²) in [4.78, 5) is 11.2. The smallest absolute Gasteiger partial charge is 0.191 e. The molecule has 0 atom stereocenters. The molecule has 1 aliphatic rings. The topological polar surface area (TPSA) is 58.9 Å². The molecule has 0 amide bonds. The van der Waals surface area contributed by atoms with Crippen molar-refractivity contribution in [3.8, 4) is 0 Å². The van der Waals surface area contributed by atoms with E-state index in [1.54, 1.807) is 0 Å². The van der Waals surface area contributed by atoms with Crippen LogP contribution in [0.3, 0.4) is 0 Å². The molecule has 2 aromatic rings. The van der Waals surface area contributed by atoms with Gasteiger partial charge in [0.05, 0.1) is 12.2 Å². The van der Waals surface area contributed by atoms with Crippen LogP contribution in [0.4, 0.5) is 0 Å². The van der Waals surface area contributed by atoms with E-state index in [2.05, 4.69) is 37.7 Å². The highest BCUT2D eigenvalue weighted by Gasteiger charge is 2.16. The molecule has 0 aromatic carbocycles. The zero-order chi connectivity index (χ0) is 14.8. The molecule has 1 saturated heterocycles. The molecule has 0 bridgehead atoms. The molecule has 22 heavy (non-hydrogen) atoms. The number of guanidine groups is 1. The lowest BCUT2D eigenvalue weighted by Crippen LogP contribution is -2.42. The molecule has 0 spiro atoms. The lowest BCUT2D eigenvalue weighted by molar-refractivity contribution is 0.277. The molecule has 120 valence electrons. The number of aromatic nitrogens is 2. The molecule has 3 heterocycles. The molecule has 2 N–H and O–H groups in total. The summed E-state index contributed by atoms with van der Waals surface area (Å²) in [7, 11) is 0. The number of likely N-dealkylation sites (tertiary alicyclic amines) is 1. The van der Waals surface area contributed by atoms with E-state index in [4.69, 9.17) is 5.73 Å². The van der Waals surface area contributed by atoms with Crippen LogP contribution in [0.2, 0.25) is 0 Å². The summed E-state index contributed by atoms with van der Waals surface area (Å²) in [5, 5.41) is 0. The SMILES string of the molecule is CC1CCN(C(N)=NCc2cn3cc(Br)ccc3n2)CC1.I. The zero-order valence-corrected chi connectivity index (χ0v) is 16.5. The van der Waals surface area contributed by atoms with Crippen LogP contribution in [-0.4, -0.2) is 33.3 Å². The van der Waals surface area contributed by atoms with Crippen LogP contribution in [0.5, 0.6) is 0 Å². The minimum atomic E-state index is 0. The Morgan fingerprint density at radius 3 is 2.82 bits per heavy atom. The Morgan fingerprint density at radius 1 is 1.36 bits per heavy atom. The summed E-state index contributed by atoms with van der Waals surface area (Å²) in [5.74, 6) is 1.44. The highest BCUT2D eigenvalue weighted by Crippen LogP contribution is 2.16. The summed E-state index contributed by atoms with van der Waals surface area (Å²) in [5.41, 5.74) is 7.95. The summed E-state index contributed by atoms with van der Waals surface area (Å²) in [6.45, 7) is 4.83. The highest BCUT2D eigenvalue weighted by molar-refractivity contribution is 14.0. The van der Waals surface area contributed by atoms with Gasteiger partial charge in [0, 0.05) is 30.0 Å². The van der Waals surface area contributed by atoms with E-state index in [0.717, 1.165) is 34.8 Å². The van der Waals surface area contributed by atoms with E-state index in [1.807, 2.05) is 28.9 Å². The van der Waals surface area contributed by atoms with Crippen molar-refractivity contribution in [2.24, 2.45) is 16.6 Å². The normalized spacial score (nSPS) is 16.8. The van der Waals surface area contributed by atoms with Gasteiger partial charge in [-0.05, 0) is 46.8 Å². The van der Waals surface area contributed by atoms with Gasteiger partial charge < -0.3 is 15.0 Å². The van der Waals surface area contributed by atoms with Crippen molar-refractivity contribution >= 4 is 51.5 Å². The van der Waals surface area contributed by atoms with Crippen LogP contribution in [0.15, 0.2) is 34.0 Å². The second-order valence-corrected chi connectivity index (χ2v) is 6.60. The number of hydrogen-bond acceptors (Lipinski definition) is 2. The molecule has 1 aliphatic heterocycles. The standard InChI is InChI=1S/C15H20BrN5.HI/c1-11-4-6-20(7-5-11)15(17)18-8-13-10-21-9-12(16)2-3-14(21)19-13;/h2-3,9-11H,4-8H2,1H3,(H2,17,18);1H. The van der Waals surface area contributed by atoms with Crippen LogP contribution in [0.25, 0.3) is 5.65 Å². The Bertz CT molecular complexity index is 661. The van der Waals surface area contributed by atoms with Gasteiger partial charge in [-0.15, -0.1) is 24.0 Å². The van der Waals surface area contributed by atoms with Gasteiger partial charge in [-0.25, -0.2) is 9.98 Å². The Morgan fingerprint density at radius 2 is 2.09 bits per heavy atom. The number of fused-ring (bicyclic) bond motifs is 1. The predicted octanol–water partition coefficient (Wildman–Crippen LogP) is 3.26. The number of halogens is 2. The molecular formula is C15H21BrIN5. The Balaban J connectivity index is 0.00000176. The van der Waals surface area contributed by atoms with Crippen molar-refractivity contribution in [3.63, 3.8) is 0 Å². The van der Waals surface area contributed by atoms with Gasteiger partial charge in [-0.1, -0.05) is 6.92 Å². The van der Waals surface area contributed by atoms with Crippen molar-refractivity contribution in [1.29, 1.82) is 0 Å². The maximum atomic E-state index is 6.09. The van der Waals surface area contributed by atoms with Crippen LogP contribution in [0, 0.1) is 5.92 Å². The van der Waals surface area contributed by atoms with Gasteiger partial charge in [-0.2, -0.15) is 0 Å². The average molecular weight is 478 g/mol. The number of piperidine rings is 1. The first-order valence-electron chi connectivity index (χ1n) is 7.30. The van der Waals surface area contributed by atoms with Gasteiger partial charge in [0.15, 0.2) is 5.96 Å². The Hall–Kier alpha value is -0.830. The highest BCUT2D eigenvalue weighted by atomic mass is 127. The number of aliphatic imine (C=N–C) groups is 1. The van der Waals surface area contributed by atoms with E-state index >= 15 is 0 Å². The Labute approximate surface area is 156 Å². The van der Waals surface area contributed by atoms with Gasteiger partial charge >= 0.3 is 0 Å². The number of nitrogens with zero attached hydrogens (tertiary/aromatic N) is 4. The number of imidazole rings is 1. The first kappa shape index (κ1) is 17.5. The third-order valence-electron chi connectivity index (χ3n) is 3.98. The third-order valence-corrected chi connectivity index (χ3v) is 4.44. The average Bonchev–Trinajstić information content (AvgIpc) is 2.87. The van der Waals surface area contributed by atoms with Crippen LogP contribution < -0.4 is 5.73 Å². The maximum absolute atomic E-state index is 6.09. The second kappa shape index (κ2) is 7.63. The molecule has 2 aromatic heterocycles. The number of rotatable bonds is 2. The molecular weight excluding hydrogens is 457 g/mol. The van der Waals surface area contributed by atoms with Crippen molar-refractivity contribution in [3.05, 3.63) is 34.7 Å². The first-order chi connectivity index (χ1) is 10.1. The minimum Gasteiger partial charge on any atom is -0.370 e. The fourth-order valence-corrected chi connectivity index (χ4v) is 2.95. The largest absolute Gasteiger partial charge is 0.370 e. The molecule has 5 nitrogen and oxygen atoms in total. The van der Waals surface area contributed by atoms with Gasteiger partial charge in [0.2, 0.25) is 0 Å². The summed E-state index contributed by atoms with van der Waals surface area (Å²) in [6.07, 6.45) is 6.37. The van der Waals surface area contributed by atoms with E-state index in [1.165, 1.54) is 12.8 Å². The lowest BCUT2D eigenvalue weighted by Gasteiger charge is -2.30. The van der Waals surface area contributed by atoms with E-state index in [9.17, 15) is 0 Å². The Kier molecular flexibility index (Phi) is 6.08. The van der Waals surface area contributed by atoms with Crippen molar-refractivity contribution < 1.29 is 0 Å². The summed E-state index contributed by atoms with van der Waals surface area (Å²) >= 11 is 3.46. The quantitative estimate of drug-likeness (QED) is 0.410. The summed E-state index contributed by atoms with van der Waals surface area (Å²) < 4.78 is 3.03. The van der Waals surface area contributed by atoms with Crippen molar-refractivity contribution in [1.82, 2.24) is 14.3 Å². The number of pyridine rings is 1. The third kappa shape index (κ3) is 4.13. The maximum Gasteiger partial charge on any atom is 0.191 e. The van der Waals surface area contributed by atoms with Gasteiger partial charge in [-0.3, -0.25) is 0 Å². The van der Waals surface area contributed by atoms with Crippen LogP contribution in [0.1, 0.15) is 25.5 Å². The zero-order valence-electron chi connectivity index (χ0n) is 12.6. The van der Waals surface area contributed by atoms with Crippen LogP contribution in [-0.2, 0) is 6.54 Å². The monoisotopic (exact) mass is 477 g/mol. The minimum absolute atomic E-state index is 0. The van der Waals surface area contributed by atoms with Gasteiger partial charge in [0.25, 0.3) is 0 Å². The fourth-order valence-electron chi connectivity index (χ4n) is 2.59. The molecule has 1 fully saturated rings. The predicted molar refractivity (Wildman–Crippen MR) is 104 cm³/mol. The molecule has 0 aliphatic carbocycles. The molecule has 0 unspecified atom stereocenters. The molecule has 0 saturated carbocycles. The van der Waals surface area contributed by atoms with Crippen molar-refractivity contribution in [2.45, 2.75) is 26.3 Å². The van der Waals surface area contributed by atoms with E-state index in [-0.39, 0.29) is 24.0 Å². The second-order valence-electron chi connectivity index (χ2n) is 5.69. The number of hydrogen-bond donors (Lipinski definition) is 1. The van der Waals surface area contributed by atoms with Crippen molar-refractivity contribution in [2.75, 3.05) is 13.1 Å². The fraction of sp³-hybridized carbons (Fsp3) is 0.467. The van der Waals surface area contributed by atoms with Gasteiger partial charge in [0.1, 0.15) is 5.65 Å². The van der Waals surface area contributed by atoms with Crippen LogP contribution >= 0.6 is 39.9 Å². The lowest BCUT2D eigenvalue weighted by atomic mass is 10.00. The molecule has 7 heteroatoms.